The van der Waals surface area contributed by atoms with Crippen LogP contribution in [-0.2, 0) is 6.54 Å². The predicted octanol–water partition coefficient (Wildman–Crippen LogP) is 1.99. The first-order valence-corrected chi connectivity index (χ1v) is 5.09. The average Bonchev–Trinajstić information content (AvgIpc) is 2.59. The minimum Gasteiger partial charge on any atom is -0.398 e. The molecular weight excluding hydrogens is 207 g/mol. The minimum absolute atomic E-state index is 0.324. The molecule has 0 aliphatic heterocycles. The average molecular weight is 220 g/mol. The van der Waals surface area contributed by atoms with Crippen molar-refractivity contribution in [1.29, 1.82) is 0 Å². The Hall–Kier alpha value is -1.91. The van der Waals surface area contributed by atoms with Crippen molar-refractivity contribution < 1.29 is 4.39 Å². The molecule has 1 heterocycles. The van der Waals surface area contributed by atoms with Gasteiger partial charge in [-0.3, -0.25) is 0 Å². The lowest BCUT2D eigenvalue weighted by Crippen LogP contribution is -2.03. The quantitative estimate of drug-likeness (QED) is 0.787. The standard InChI is InChI=1S/C11H13FN4/c1-3-16-7(2)14-15-11(16)10-8(12)5-4-6-9(10)13/h4-6H,3,13H2,1-2H3. The number of aryl methyl sites for hydroxylation is 1. The zero-order chi connectivity index (χ0) is 11.7. The Morgan fingerprint density at radius 3 is 2.75 bits per heavy atom. The van der Waals surface area contributed by atoms with Gasteiger partial charge in [-0.25, -0.2) is 4.39 Å². The van der Waals surface area contributed by atoms with E-state index in [4.69, 9.17) is 5.73 Å². The van der Waals surface area contributed by atoms with Crippen LogP contribution in [0, 0.1) is 12.7 Å². The molecule has 0 saturated carbocycles. The van der Waals surface area contributed by atoms with Gasteiger partial charge in [0.15, 0.2) is 5.82 Å². The van der Waals surface area contributed by atoms with Crippen molar-refractivity contribution in [3.63, 3.8) is 0 Å². The molecule has 0 amide bonds. The number of nitrogen functional groups attached to an aromatic ring is 1. The van der Waals surface area contributed by atoms with Gasteiger partial charge in [-0.15, -0.1) is 10.2 Å². The van der Waals surface area contributed by atoms with Gasteiger partial charge in [-0.05, 0) is 26.0 Å². The van der Waals surface area contributed by atoms with Gasteiger partial charge in [0.1, 0.15) is 11.6 Å². The molecule has 0 radical (unpaired) electrons. The van der Waals surface area contributed by atoms with E-state index in [1.807, 2.05) is 18.4 Å². The summed E-state index contributed by atoms with van der Waals surface area (Å²) < 4.78 is 15.5. The first-order chi connectivity index (χ1) is 7.65. The van der Waals surface area contributed by atoms with Crippen LogP contribution in [0.5, 0.6) is 0 Å². The van der Waals surface area contributed by atoms with E-state index >= 15 is 0 Å². The SMILES string of the molecule is CCn1c(C)nnc1-c1c(N)cccc1F. The maximum absolute atomic E-state index is 13.7. The van der Waals surface area contributed by atoms with Gasteiger partial charge in [0.2, 0.25) is 0 Å². The second kappa shape index (κ2) is 3.92. The molecule has 0 bridgehead atoms. The number of anilines is 1. The van der Waals surface area contributed by atoms with E-state index in [2.05, 4.69) is 10.2 Å². The molecule has 16 heavy (non-hydrogen) atoms. The topological polar surface area (TPSA) is 56.7 Å². The van der Waals surface area contributed by atoms with Crippen LogP contribution < -0.4 is 5.73 Å². The van der Waals surface area contributed by atoms with E-state index in [1.54, 1.807) is 12.1 Å². The van der Waals surface area contributed by atoms with Crippen LogP contribution in [0.1, 0.15) is 12.7 Å². The summed E-state index contributed by atoms with van der Waals surface area (Å²) in [5.41, 5.74) is 6.47. The summed E-state index contributed by atoms with van der Waals surface area (Å²) in [7, 11) is 0. The monoisotopic (exact) mass is 220 g/mol. The van der Waals surface area contributed by atoms with E-state index in [1.165, 1.54) is 6.07 Å². The summed E-state index contributed by atoms with van der Waals surface area (Å²) in [6.07, 6.45) is 0. The van der Waals surface area contributed by atoms with Gasteiger partial charge in [0.05, 0.1) is 5.56 Å². The summed E-state index contributed by atoms with van der Waals surface area (Å²) in [6.45, 7) is 4.47. The normalized spacial score (nSPS) is 10.7. The molecule has 0 spiro atoms. The molecule has 2 aromatic rings. The Labute approximate surface area is 92.9 Å². The Bertz CT molecular complexity index is 498. The summed E-state index contributed by atoms with van der Waals surface area (Å²) in [5, 5.41) is 7.91. The number of hydrogen-bond donors (Lipinski definition) is 1. The lowest BCUT2D eigenvalue weighted by molar-refractivity contribution is 0.627. The zero-order valence-corrected chi connectivity index (χ0v) is 9.24. The van der Waals surface area contributed by atoms with Crippen LogP contribution >= 0.6 is 0 Å². The first-order valence-electron chi connectivity index (χ1n) is 5.09. The minimum atomic E-state index is -0.373. The third-order valence-corrected chi connectivity index (χ3v) is 2.52. The van der Waals surface area contributed by atoms with E-state index in [0.29, 0.717) is 23.6 Å². The Morgan fingerprint density at radius 1 is 1.38 bits per heavy atom. The molecule has 84 valence electrons. The summed E-state index contributed by atoms with van der Waals surface area (Å²) >= 11 is 0. The number of aromatic nitrogens is 3. The first kappa shape index (κ1) is 10.6. The molecule has 0 atom stereocenters. The molecule has 2 rings (SSSR count). The van der Waals surface area contributed by atoms with Crippen molar-refractivity contribution in [2.75, 3.05) is 5.73 Å². The second-order valence-corrected chi connectivity index (χ2v) is 3.52. The van der Waals surface area contributed by atoms with Gasteiger partial charge in [0.25, 0.3) is 0 Å². The molecule has 4 nitrogen and oxygen atoms in total. The van der Waals surface area contributed by atoms with Crippen LogP contribution in [0.15, 0.2) is 18.2 Å². The molecule has 2 N–H and O–H groups in total. The Balaban J connectivity index is 2.67. The van der Waals surface area contributed by atoms with Gasteiger partial charge < -0.3 is 10.3 Å². The fraction of sp³-hybridized carbons (Fsp3) is 0.273. The Kier molecular flexibility index (Phi) is 2.60. The molecule has 5 heteroatoms. The lowest BCUT2D eigenvalue weighted by Gasteiger charge is -2.08. The van der Waals surface area contributed by atoms with E-state index in [-0.39, 0.29) is 5.82 Å². The van der Waals surface area contributed by atoms with Crippen molar-refractivity contribution in [2.45, 2.75) is 20.4 Å². The van der Waals surface area contributed by atoms with Crippen LogP contribution in [0.3, 0.4) is 0 Å². The van der Waals surface area contributed by atoms with Gasteiger partial charge in [-0.1, -0.05) is 6.07 Å². The third kappa shape index (κ3) is 1.54. The lowest BCUT2D eigenvalue weighted by atomic mass is 10.1. The highest BCUT2D eigenvalue weighted by molar-refractivity contribution is 5.72. The molecule has 0 aliphatic carbocycles. The van der Waals surface area contributed by atoms with Gasteiger partial charge in [-0.2, -0.15) is 0 Å². The van der Waals surface area contributed by atoms with E-state index in [0.717, 1.165) is 5.82 Å². The molecule has 0 aliphatic rings. The maximum Gasteiger partial charge on any atom is 0.169 e. The second-order valence-electron chi connectivity index (χ2n) is 3.52. The zero-order valence-electron chi connectivity index (χ0n) is 9.24. The number of nitrogens with zero attached hydrogens (tertiary/aromatic N) is 3. The molecule has 1 aromatic heterocycles. The molecule has 0 saturated heterocycles. The third-order valence-electron chi connectivity index (χ3n) is 2.52. The largest absolute Gasteiger partial charge is 0.398 e. The summed E-state index contributed by atoms with van der Waals surface area (Å²) in [4.78, 5) is 0. The molecule has 0 unspecified atom stereocenters. The Morgan fingerprint density at radius 2 is 2.12 bits per heavy atom. The number of nitrogens with two attached hydrogens (primary N) is 1. The van der Waals surface area contributed by atoms with Crippen molar-refractivity contribution in [2.24, 2.45) is 0 Å². The van der Waals surface area contributed by atoms with Gasteiger partial charge in [0, 0.05) is 12.2 Å². The molecule has 0 fully saturated rings. The fourth-order valence-corrected chi connectivity index (χ4v) is 1.72. The summed E-state index contributed by atoms with van der Waals surface area (Å²) in [6, 6.07) is 4.60. The van der Waals surface area contributed by atoms with Crippen molar-refractivity contribution >= 4 is 5.69 Å². The summed E-state index contributed by atoms with van der Waals surface area (Å²) in [5.74, 6) is 0.859. The highest BCUT2D eigenvalue weighted by atomic mass is 19.1. The molecular formula is C11H13FN4. The van der Waals surface area contributed by atoms with Gasteiger partial charge >= 0.3 is 0 Å². The number of hydrogen-bond acceptors (Lipinski definition) is 3. The predicted molar refractivity (Wildman–Crippen MR) is 60.2 cm³/mol. The maximum atomic E-state index is 13.7. The van der Waals surface area contributed by atoms with Crippen molar-refractivity contribution in [1.82, 2.24) is 14.8 Å². The van der Waals surface area contributed by atoms with E-state index < -0.39 is 0 Å². The van der Waals surface area contributed by atoms with Crippen LogP contribution in [-0.4, -0.2) is 14.8 Å². The van der Waals surface area contributed by atoms with Crippen LogP contribution in [0.2, 0.25) is 0 Å². The van der Waals surface area contributed by atoms with Crippen LogP contribution in [0.25, 0.3) is 11.4 Å². The highest BCUT2D eigenvalue weighted by Gasteiger charge is 2.16. The van der Waals surface area contributed by atoms with E-state index in [9.17, 15) is 4.39 Å². The van der Waals surface area contributed by atoms with Crippen LogP contribution in [0.4, 0.5) is 10.1 Å². The highest BCUT2D eigenvalue weighted by Crippen LogP contribution is 2.27. The smallest absolute Gasteiger partial charge is 0.169 e. The van der Waals surface area contributed by atoms with Crippen molar-refractivity contribution in [3.8, 4) is 11.4 Å². The fourth-order valence-electron chi connectivity index (χ4n) is 1.72. The number of benzene rings is 1. The number of halogens is 1. The molecule has 1 aromatic carbocycles. The number of rotatable bonds is 2. The van der Waals surface area contributed by atoms with Crippen molar-refractivity contribution in [3.05, 3.63) is 29.8 Å².